The van der Waals surface area contributed by atoms with Crippen molar-refractivity contribution >= 4 is 17.3 Å². The van der Waals surface area contributed by atoms with E-state index in [1.54, 1.807) is 0 Å². The Morgan fingerprint density at radius 2 is 2.14 bits per heavy atom. The fourth-order valence-corrected chi connectivity index (χ4v) is 3.41. The third-order valence-electron chi connectivity index (χ3n) is 4.21. The van der Waals surface area contributed by atoms with Crippen LogP contribution >= 0.6 is 12.2 Å². The summed E-state index contributed by atoms with van der Waals surface area (Å²) in [6.07, 6.45) is 6.21. The molecule has 1 fully saturated rings. The van der Waals surface area contributed by atoms with Gasteiger partial charge in [-0.25, -0.2) is 0 Å². The van der Waals surface area contributed by atoms with Crippen LogP contribution in [0.15, 0.2) is 42.9 Å². The fourth-order valence-electron chi connectivity index (χ4n) is 3.04. The van der Waals surface area contributed by atoms with Crippen molar-refractivity contribution < 1.29 is 0 Å². The number of pyridine rings is 1. The summed E-state index contributed by atoms with van der Waals surface area (Å²) in [6, 6.07) is 8.96. The highest BCUT2D eigenvalue weighted by molar-refractivity contribution is 7.80. The quantitative estimate of drug-likeness (QED) is 0.876. The van der Waals surface area contributed by atoms with E-state index in [4.69, 9.17) is 12.2 Å². The first-order chi connectivity index (χ1) is 10.6. The maximum Gasteiger partial charge on any atom is 0.170 e. The predicted molar refractivity (Wildman–Crippen MR) is 92.6 cm³/mol. The van der Waals surface area contributed by atoms with Crippen LogP contribution in [0.4, 0.5) is 0 Å². The van der Waals surface area contributed by atoms with E-state index in [9.17, 15) is 0 Å². The average molecular weight is 314 g/mol. The van der Waals surface area contributed by atoms with Crippen molar-refractivity contribution in [2.75, 3.05) is 6.54 Å². The normalized spacial score (nSPS) is 21.5. The minimum absolute atomic E-state index is 0.0941. The van der Waals surface area contributed by atoms with Crippen molar-refractivity contribution in [3.8, 4) is 0 Å². The zero-order chi connectivity index (χ0) is 15.7. The molecule has 0 aliphatic carbocycles. The molecule has 0 amide bonds. The molecule has 4 nitrogen and oxygen atoms in total. The van der Waals surface area contributed by atoms with Gasteiger partial charge in [0.25, 0.3) is 0 Å². The van der Waals surface area contributed by atoms with Crippen LogP contribution in [0.25, 0.3) is 0 Å². The Labute approximate surface area is 137 Å². The molecular weight excluding hydrogens is 292 g/mol. The maximum atomic E-state index is 5.53. The third kappa shape index (κ3) is 2.61. The monoisotopic (exact) mass is 314 g/mol. The second-order valence-corrected chi connectivity index (χ2v) is 6.29. The van der Waals surface area contributed by atoms with Crippen LogP contribution in [0.3, 0.4) is 0 Å². The van der Waals surface area contributed by atoms with Gasteiger partial charge in [-0.2, -0.15) is 0 Å². The summed E-state index contributed by atoms with van der Waals surface area (Å²) < 4.78 is 2.24. The Morgan fingerprint density at radius 1 is 1.32 bits per heavy atom. The summed E-state index contributed by atoms with van der Waals surface area (Å²) in [4.78, 5) is 6.77. The molecule has 116 valence electrons. The first kappa shape index (κ1) is 15.0. The fraction of sp³-hybridized carbons (Fsp3) is 0.412. The molecule has 1 aliphatic rings. The Kier molecular flexibility index (Phi) is 4.16. The van der Waals surface area contributed by atoms with Crippen LogP contribution in [-0.2, 0) is 0 Å². The topological polar surface area (TPSA) is 33.1 Å². The van der Waals surface area contributed by atoms with Crippen molar-refractivity contribution in [1.82, 2.24) is 19.8 Å². The minimum atomic E-state index is 0.0941. The molecular formula is C17H22N4S. The van der Waals surface area contributed by atoms with E-state index in [2.05, 4.69) is 65.1 Å². The number of rotatable bonds is 4. The molecule has 2 atom stereocenters. The lowest BCUT2D eigenvalue weighted by Gasteiger charge is -2.25. The van der Waals surface area contributed by atoms with Crippen molar-refractivity contribution in [1.29, 1.82) is 0 Å². The van der Waals surface area contributed by atoms with Crippen LogP contribution in [0.2, 0.25) is 0 Å². The highest BCUT2D eigenvalue weighted by Crippen LogP contribution is 2.38. The Hall–Kier alpha value is -1.88. The van der Waals surface area contributed by atoms with Gasteiger partial charge in [0.1, 0.15) is 0 Å². The first-order valence-electron chi connectivity index (χ1n) is 7.77. The summed E-state index contributed by atoms with van der Waals surface area (Å²) in [5, 5.41) is 4.25. The molecule has 5 heteroatoms. The van der Waals surface area contributed by atoms with Gasteiger partial charge in [0.2, 0.25) is 0 Å². The summed E-state index contributed by atoms with van der Waals surface area (Å²) in [6.45, 7) is 7.40. The largest absolute Gasteiger partial charge is 0.352 e. The lowest BCUT2D eigenvalue weighted by molar-refractivity contribution is 0.330. The Bertz CT molecular complexity index is 650. The SMILES string of the molecule is CCN1C(=S)N[C@H](c2ccccn2)[C@H]1c1ccn(C(C)C)c1. The second kappa shape index (κ2) is 6.08. The average Bonchev–Trinajstić information content (AvgIpc) is 3.12. The molecule has 0 spiro atoms. The number of likely N-dealkylation sites (N-methyl/N-ethyl adjacent to an activating group) is 1. The van der Waals surface area contributed by atoms with Gasteiger partial charge in [0.05, 0.1) is 17.8 Å². The number of nitrogens with one attached hydrogen (secondary N) is 1. The van der Waals surface area contributed by atoms with Crippen LogP contribution < -0.4 is 5.32 Å². The number of nitrogens with zero attached hydrogens (tertiary/aromatic N) is 3. The highest BCUT2D eigenvalue weighted by atomic mass is 32.1. The summed E-state index contributed by atoms with van der Waals surface area (Å²) in [7, 11) is 0. The van der Waals surface area contributed by atoms with Crippen LogP contribution in [-0.4, -0.2) is 26.1 Å². The van der Waals surface area contributed by atoms with E-state index in [1.807, 2.05) is 18.3 Å². The molecule has 1 N–H and O–H groups in total. The molecule has 22 heavy (non-hydrogen) atoms. The molecule has 1 aliphatic heterocycles. The Balaban J connectivity index is 2.00. The van der Waals surface area contributed by atoms with Gasteiger partial charge < -0.3 is 14.8 Å². The van der Waals surface area contributed by atoms with Crippen LogP contribution in [0.1, 0.15) is 50.2 Å². The molecule has 3 heterocycles. The van der Waals surface area contributed by atoms with Crippen molar-refractivity contribution in [3.05, 3.63) is 54.1 Å². The van der Waals surface area contributed by atoms with E-state index in [-0.39, 0.29) is 12.1 Å². The zero-order valence-electron chi connectivity index (χ0n) is 13.2. The number of thiocarbonyl (C=S) groups is 1. The maximum absolute atomic E-state index is 5.53. The summed E-state index contributed by atoms with van der Waals surface area (Å²) in [5.74, 6) is 0. The Morgan fingerprint density at radius 3 is 2.73 bits per heavy atom. The van der Waals surface area contributed by atoms with E-state index < -0.39 is 0 Å². The smallest absolute Gasteiger partial charge is 0.170 e. The standard InChI is InChI=1S/C17H22N4S/c1-4-21-16(13-8-10-20(11-13)12(2)3)15(19-17(21)22)14-7-5-6-9-18-14/h5-12,15-16H,4H2,1-3H3,(H,19,22)/t15-,16-/m1/s1. The van der Waals surface area contributed by atoms with Gasteiger partial charge in [-0.1, -0.05) is 6.07 Å². The van der Waals surface area contributed by atoms with Gasteiger partial charge in [0.15, 0.2) is 5.11 Å². The number of hydrogen-bond acceptors (Lipinski definition) is 2. The van der Waals surface area contributed by atoms with Gasteiger partial charge in [-0.05, 0) is 56.8 Å². The van der Waals surface area contributed by atoms with Gasteiger partial charge >= 0.3 is 0 Å². The molecule has 0 bridgehead atoms. The van der Waals surface area contributed by atoms with Crippen molar-refractivity contribution in [2.24, 2.45) is 0 Å². The molecule has 0 unspecified atom stereocenters. The summed E-state index contributed by atoms with van der Waals surface area (Å²) in [5.41, 5.74) is 2.31. The van der Waals surface area contributed by atoms with Crippen LogP contribution in [0.5, 0.6) is 0 Å². The molecule has 0 radical (unpaired) electrons. The van der Waals surface area contributed by atoms with Crippen molar-refractivity contribution in [2.45, 2.75) is 38.9 Å². The highest BCUT2D eigenvalue weighted by Gasteiger charge is 2.39. The minimum Gasteiger partial charge on any atom is -0.352 e. The zero-order valence-corrected chi connectivity index (χ0v) is 14.0. The van der Waals surface area contributed by atoms with Gasteiger partial charge in [-0.3, -0.25) is 4.98 Å². The molecule has 2 aromatic heterocycles. The number of aromatic nitrogens is 2. The van der Waals surface area contributed by atoms with E-state index in [1.165, 1.54) is 5.56 Å². The lowest BCUT2D eigenvalue weighted by atomic mass is 9.99. The molecule has 1 saturated heterocycles. The van der Waals surface area contributed by atoms with Crippen LogP contribution in [0, 0.1) is 0 Å². The van der Waals surface area contributed by atoms with Gasteiger partial charge in [-0.15, -0.1) is 0 Å². The lowest BCUT2D eigenvalue weighted by Crippen LogP contribution is -2.29. The van der Waals surface area contributed by atoms with E-state index >= 15 is 0 Å². The molecule has 0 aromatic carbocycles. The number of hydrogen-bond donors (Lipinski definition) is 1. The van der Waals surface area contributed by atoms with E-state index in [0.717, 1.165) is 17.4 Å². The molecule has 0 saturated carbocycles. The molecule has 3 rings (SSSR count). The first-order valence-corrected chi connectivity index (χ1v) is 8.18. The third-order valence-corrected chi connectivity index (χ3v) is 4.57. The summed E-state index contributed by atoms with van der Waals surface area (Å²) >= 11 is 5.53. The van der Waals surface area contributed by atoms with Gasteiger partial charge in [0, 0.05) is 31.2 Å². The predicted octanol–water partition coefficient (Wildman–Crippen LogP) is 3.46. The second-order valence-electron chi connectivity index (χ2n) is 5.90. The van der Waals surface area contributed by atoms with E-state index in [0.29, 0.717) is 6.04 Å². The van der Waals surface area contributed by atoms with Crippen molar-refractivity contribution in [3.63, 3.8) is 0 Å². The molecule has 2 aromatic rings.